The molecule has 108 valence electrons. The Hall–Kier alpha value is -1.75. The number of hydrogen-bond acceptors (Lipinski definition) is 3. The van der Waals surface area contributed by atoms with Crippen molar-refractivity contribution in [3.63, 3.8) is 0 Å². The van der Waals surface area contributed by atoms with E-state index < -0.39 is 12.6 Å². The van der Waals surface area contributed by atoms with Gasteiger partial charge in [-0.15, -0.1) is 0 Å². The second-order valence-corrected chi connectivity index (χ2v) is 5.97. The van der Waals surface area contributed by atoms with Crippen LogP contribution in [0.15, 0.2) is 18.2 Å². The molecule has 0 spiro atoms. The number of halogens is 1. The molecular formula is C14H16ClNO4. The number of rotatable bonds is 5. The molecule has 0 heterocycles. The molecule has 0 bridgehead atoms. The fraction of sp³-hybridized carbons (Fsp3) is 0.429. The summed E-state index contributed by atoms with van der Waals surface area (Å²) in [4.78, 5) is 22.4. The van der Waals surface area contributed by atoms with E-state index in [0.29, 0.717) is 5.69 Å². The first-order valence-electron chi connectivity index (χ1n) is 6.24. The van der Waals surface area contributed by atoms with Crippen molar-refractivity contribution >= 4 is 29.2 Å². The smallest absolute Gasteiger partial charge is 0.341 e. The summed E-state index contributed by atoms with van der Waals surface area (Å²) in [7, 11) is 0. The molecule has 0 saturated heterocycles. The van der Waals surface area contributed by atoms with Crippen molar-refractivity contribution < 1.29 is 19.4 Å². The predicted octanol–water partition coefficient (Wildman–Crippen LogP) is 2.79. The summed E-state index contributed by atoms with van der Waals surface area (Å²) in [5.41, 5.74) is 0.642. The lowest BCUT2D eigenvalue weighted by Crippen LogP contribution is -2.16. The third-order valence-electron chi connectivity index (χ3n) is 3.38. The Morgan fingerprint density at radius 1 is 1.50 bits per heavy atom. The number of aliphatic carboxylic acids is 1. The summed E-state index contributed by atoms with van der Waals surface area (Å²) in [6.07, 6.45) is 0.881. The van der Waals surface area contributed by atoms with Crippen LogP contribution in [0.5, 0.6) is 5.75 Å². The number of nitrogens with one attached hydrogen (secondary N) is 1. The van der Waals surface area contributed by atoms with Gasteiger partial charge in [-0.3, -0.25) is 4.79 Å². The molecule has 2 N–H and O–H groups in total. The van der Waals surface area contributed by atoms with Crippen molar-refractivity contribution in [1.29, 1.82) is 0 Å². The molecule has 1 aliphatic carbocycles. The fourth-order valence-electron chi connectivity index (χ4n) is 1.98. The van der Waals surface area contributed by atoms with Crippen LogP contribution < -0.4 is 10.1 Å². The van der Waals surface area contributed by atoms with Crippen LogP contribution in [0.1, 0.15) is 20.3 Å². The monoisotopic (exact) mass is 297 g/mol. The summed E-state index contributed by atoms with van der Waals surface area (Å²) in [5, 5.41) is 11.6. The summed E-state index contributed by atoms with van der Waals surface area (Å²) >= 11 is 5.98. The maximum atomic E-state index is 11.9. The Morgan fingerprint density at radius 2 is 2.15 bits per heavy atom. The van der Waals surface area contributed by atoms with Gasteiger partial charge in [0, 0.05) is 11.6 Å². The molecule has 0 aromatic heterocycles. The molecule has 1 fully saturated rings. The number of carbonyl (C=O) groups is 2. The molecule has 0 aliphatic heterocycles. The van der Waals surface area contributed by atoms with Crippen LogP contribution in [0.3, 0.4) is 0 Å². The number of anilines is 1. The van der Waals surface area contributed by atoms with Gasteiger partial charge in [0.05, 0.1) is 5.02 Å². The molecule has 0 radical (unpaired) electrons. The minimum absolute atomic E-state index is 0.0229. The Balaban J connectivity index is 1.98. The van der Waals surface area contributed by atoms with Gasteiger partial charge in [-0.05, 0) is 30.0 Å². The lowest BCUT2D eigenvalue weighted by Gasteiger charge is -2.10. The maximum absolute atomic E-state index is 11.9. The van der Waals surface area contributed by atoms with Gasteiger partial charge in [-0.25, -0.2) is 4.79 Å². The molecular weight excluding hydrogens is 282 g/mol. The van der Waals surface area contributed by atoms with Crippen molar-refractivity contribution in [3.8, 4) is 5.75 Å². The van der Waals surface area contributed by atoms with E-state index in [1.165, 1.54) is 0 Å². The molecule has 1 aliphatic rings. The highest BCUT2D eigenvalue weighted by molar-refractivity contribution is 6.32. The first kappa shape index (κ1) is 14.7. The quantitative estimate of drug-likeness (QED) is 0.876. The van der Waals surface area contributed by atoms with Gasteiger partial charge in [0.25, 0.3) is 0 Å². The number of benzene rings is 1. The molecule has 1 aromatic carbocycles. The van der Waals surface area contributed by atoms with Crippen molar-refractivity contribution in [2.24, 2.45) is 11.3 Å². The van der Waals surface area contributed by atoms with Crippen molar-refractivity contribution in [3.05, 3.63) is 23.2 Å². The van der Waals surface area contributed by atoms with Crippen LogP contribution in [-0.4, -0.2) is 23.6 Å². The van der Waals surface area contributed by atoms with Gasteiger partial charge in [0.1, 0.15) is 5.75 Å². The van der Waals surface area contributed by atoms with Gasteiger partial charge in [-0.2, -0.15) is 0 Å². The molecule has 5 nitrogen and oxygen atoms in total. The zero-order valence-corrected chi connectivity index (χ0v) is 12.0. The van der Waals surface area contributed by atoms with Gasteiger partial charge < -0.3 is 15.2 Å². The molecule has 1 amide bonds. The van der Waals surface area contributed by atoms with E-state index in [4.69, 9.17) is 21.4 Å². The van der Waals surface area contributed by atoms with E-state index in [0.717, 1.165) is 6.42 Å². The first-order valence-corrected chi connectivity index (χ1v) is 6.62. The molecule has 20 heavy (non-hydrogen) atoms. The number of carboxylic acid groups (broad SMARTS) is 1. The van der Waals surface area contributed by atoms with Gasteiger partial charge >= 0.3 is 5.97 Å². The topological polar surface area (TPSA) is 75.6 Å². The Morgan fingerprint density at radius 3 is 2.65 bits per heavy atom. The number of carbonyl (C=O) groups excluding carboxylic acids is 1. The third-order valence-corrected chi connectivity index (χ3v) is 3.68. The Kier molecular flexibility index (Phi) is 3.90. The van der Waals surface area contributed by atoms with Gasteiger partial charge in [-0.1, -0.05) is 25.4 Å². The highest BCUT2D eigenvalue weighted by Crippen LogP contribution is 2.52. The van der Waals surface area contributed by atoms with Crippen LogP contribution in [0.4, 0.5) is 5.69 Å². The van der Waals surface area contributed by atoms with E-state index in [-0.39, 0.29) is 28.0 Å². The summed E-state index contributed by atoms with van der Waals surface area (Å²) < 4.78 is 5.01. The number of hydrogen-bond donors (Lipinski definition) is 2. The Bertz CT molecular complexity index is 556. The fourth-order valence-corrected chi connectivity index (χ4v) is 2.21. The lowest BCUT2D eigenvalue weighted by atomic mass is 10.1. The average Bonchev–Trinajstić information content (AvgIpc) is 2.97. The highest BCUT2D eigenvalue weighted by Gasteiger charge is 2.50. The highest BCUT2D eigenvalue weighted by atomic mass is 35.5. The second kappa shape index (κ2) is 5.32. The van der Waals surface area contributed by atoms with Crippen molar-refractivity contribution in [2.75, 3.05) is 11.9 Å². The molecule has 1 atom stereocenters. The van der Waals surface area contributed by atoms with Crippen LogP contribution in [0, 0.1) is 11.3 Å². The van der Waals surface area contributed by atoms with Crippen LogP contribution >= 0.6 is 11.6 Å². The summed E-state index contributed by atoms with van der Waals surface area (Å²) in [6.45, 7) is 3.64. The van der Waals surface area contributed by atoms with E-state index >= 15 is 0 Å². The largest absolute Gasteiger partial charge is 0.480 e. The SMILES string of the molecule is CC1(C)CC1C(=O)Nc1ccc(OCC(=O)O)c(Cl)c1. The van der Waals surface area contributed by atoms with E-state index in [9.17, 15) is 9.59 Å². The second-order valence-electron chi connectivity index (χ2n) is 5.56. The first-order chi connectivity index (χ1) is 9.29. The molecule has 1 unspecified atom stereocenters. The Labute approximate surface area is 121 Å². The van der Waals surface area contributed by atoms with Crippen LogP contribution in [0.2, 0.25) is 5.02 Å². The van der Waals surface area contributed by atoms with Crippen LogP contribution in [-0.2, 0) is 9.59 Å². The van der Waals surface area contributed by atoms with Crippen molar-refractivity contribution in [2.45, 2.75) is 20.3 Å². The zero-order valence-electron chi connectivity index (χ0n) is 11.3. The molecule has 6 heteroatoms. The van der Waals surface area contributed by atoms with Gasteiger partial charge in [0.15, 0.2) is 6.61 Å². The minimum Gasteiger partial charge on any atom is -0.480 e. The third kappa shape index (κ3) is 3.42. The average molecular weight is 298 g/mol. The maximum Gasteiger partial charge on any atom is 0.341 e. The van der Waals surface area contributed by atoms with Crippen molar-refractivity contribution in [1.82, 2.24) is 0 Å². The minimum atomic E-state index is -1.07. The van der Waals surface area contributed by atoms with E-state index in [1.54, 1.807) is 18.2 Å². The van der Waals surface area contributed by atoms with E-state index in [2.05, 4.69) is 5.32 Å². The number of carboxylic acids is 1. The van der Waals surface area contributed by atoms with Crippen LogP contribution in [0.25, 0.3) is 0 Å². The molecule has 2 rings (SSSR count). The molecule has 1 aromatic rings. The van der Waals surface area contributed by atoms with E-state index in [1.807, 2.05) is 13.8 Å². The number of amides is 1. The number of ether oxygens (including phenoxy) is 1. The molecule has 1 saturated carbocycles. The lowest BCUT2D eigenvalue weighted by molar-refractivity contribution is -0.139. The zero-order chi connectivity index (χ0) is 14.9. The predicted molar refractivity (Wildman–Crippen MR) is 75.1 cm³/mol. The van der Waals surface area contributed by atoms with Gasteiger partial charge in [0.2, 0.25) is 5.91 Å². The normalized spacial score (nSPS) is 19.2. The summed E-state index contributed by atoms with van der Waals surface area (Å²) in [5.74, 6) is -0.789. The standard InChI is InChI=1S/C14H16ClNO4/c1-14(2)6-9(14)13(19)16-8-3-4-11(10(15)5-8)20-7-12(17)18/h3-5,9H,6-7H2,1-2H3,(H,16,19)(H,17,18). The summed E-state index contributed by atoms with van der Waals surface area (Å²) in [6, 6.07) is 4.72.